The molecule has 0 unspecified atom stereocenters. The Morgan fingerprint density at radius 1 is 1.71 bits per heavy atom. The molecular weight excluding hydrogens is 96.0 g/mol. The van der Waals surface area contributed by atoms with Gasteiger partial charge in [0.25, 0.3) is 0 Å². The highest BCUT2D eigenvalue weighted by Crippen LogP contribution is 1.76. The van der Waals surface area contributed by atoms with Crippen LogP contribution in [0.4, 0.5) is 0 Å². The van der Waals surface area contributed by atoms with Gasteiger partial charge in [0.1, 0.15) is 0 Å². The van der Waals surface area contributed by atoms with Gasteiger partial charge in [-0.1, -0.05) is 0 Å². The molecule has 0 rings (SSSR count). The first-order valence-electron chi connectivity index (χ1n) is 1.76. The van der Waals surface area contributed by atoms with Gasteiger partial charge in [-0.15, -0.1) is 0 Å². The highest BCUT2D eigenvalue weighted by Gasteiger charge is 1.80. The van der Waals surface area contributed by atoms with Crippen LogP contribution in [0, 0.1) is 0 Å². The van der Waals surface area contributed by atoms with Crippen molar-refractivity contribution in [1.29, 1.82) is 0 Å². The molecule has 0 fully saturated rings. The second-order valence-corrected chi connectivity index (χ2v) is 0.929. The predicted octanol–water partition coefficient (Wildman–Crippen LogP) is -0.381. The lowest BCUT2D eigenvalue weighted by Crippen LogP contribution is -1.82. The van der Waals surface area contributed by atoms with E-state index in [9.17, 15) is 4.79 Å². The Morgan fingerprint density at radius 3 is 2.43 bits per heavy atom. The van der Waals surface area contributed by atoms with E-state index >= 15 is 0 Å². The molecular formula is C4H6O3. The van der Waals surface area contributed by atoms with E-state index in [1.54, 1.807) is 0 Å². The summed E-state index contributed by atoms with van der Waals surface area (Å²) in [7, 11) is 0. The van der Waals surface area contributed by atoms with Crippen molar-refractivity contribution < 1.29 is 15.0 Å². The van der Waals surface area contributed by atoms with E-state index in [0.29, 0.717) is 0 Å². The SMILES string of the molecule is O=CC(O)=CCO. The van der Waals surface area contributed by atoms with Crippen LogP contribution in [0.3, 0.4) is 0 Å². The van der Waals surface area contributed by atoms with Gasteiger partial charge in [0.15, 0.2) is 12.0 Å². The molecule has 0 aliphatic carbocycles. The van der Waals surface area contributed by atoms with E-state index in [4.69, 9.17) is 10.2 Å². The Bertz CT molecular complexity index is 84.9. The molecule has 40 valence electrons. The summed E-state index contributed by atoms with van der Waals surface area (Å²) in [6.45, 7) is -0.301. The fraction of sp³-hybridized carbons (Fsp3) is 0.250. The van der Waals surface area contributed by atoms with Gasteiger partial charge in [0, 0.05) is 0 Å². The Hall–Kier alpha value is -0.830. The van der Waals surface area contributed by atoms with Crippen molar-refractivity contribution in [2.24, 2.45) is 0 Å². The van der Waals surface area contributed by atoms with E-state index in [1.807, 2.05) is 0 Å². The summed E-state index contributed by atoms with van der Waals surface area (Å²) >= 11 is 0. The maximum absolute atomic E-state index is 9.47. The number of carbonyl (C=O) groups excluding carboxylic acids is 1. The summed E-state index contributed by atoms with van der Waals surface area (Å²) in [5.41, 5.74) is 0. The smallest absolute Gasteiger partial charge is 0.184 e. The second kappa shape index (κ2) is 3.36. The van der Waals surface area contributed by atoms with Crippen molar-refractivity contribution >= 4 is 6.29 Å². The van der Waals surface area contributed by atoms with Gasteiger partial charge < -0.3 is 10.2 Å². The van der Waals surface area contributed by atoms with Crippen LogP contribution >= 0.6 is 0 Å². The van der Waals surface area contributed by atoms with Gasteiger partial charge in [0.05, 0.1) is 6.61 Å². The van der Waals surface area contributed by atoms with Crippen molar-refractivity contribution in [3.05, 3.63) is 11.8 Å². The highest BCUT2D eigenvalue weighted by atomic mass is 16.3. The van der Waals surface area contributed by atoms with E-state index in [-0.39, 0.29) is 12.9 Å². The van der Waals surface area contributed by atoms with Crippen LogP contribution in [0.2, 0.25) is 0 Å². The fourth-order valence-corrected chi connectivity index (χ4v) is 0.142. The topological polar surface area (TPSA) is 57.5 Å². The summed E-state index contributed by atoms with van der Waals surface area (Å²) in [6, 6.07) is 0. The van der Waals surface area contributed by atoms with Gasteiger partial charge in [-0.05, 0) is 6.08 Å². The molecule has 0 amide bonds. The number of rotatable bonds is 2. The minimum atomic E-state index is -0.428. The van der Waals surface area contributed by atoms with E-state index in [2.05, 4.69) is 0 Å². The van der Waals surface area contributed by atoms with Gasteiger partial charge >= 0.3 is 0 Å². The lowest BCUT2D eigenvalue weighted by atomic mass is 10.5. The number of aliphatic hydroxyl groups is 2. The molecule has 3 heteroatoms. The summed E-state index contributed by atoms with van der Waals surface area (Å²) in [5, 5.41) is 16.2. The van der Waals surface area contributed by atoms with Gasteiger partial charge in [-0.3, -0.25) is 4.79 Å². The summed E-state index contributed by atoms with van der Waals surface area (Å²) in [5.74, 6) is -0.428. The third-order valence-electron chi connectivity index (χ3n) is 0.421. The largest absolute Gasteiger partial charge is 0.505 e. The van der Waals surface area contributed by atoms with Gasteiger partial charge in [-0.25, -0.2) is 0 Å². The van der Waals surface area contributed by atoms with Crippen LogP contribution in [0.25, 0.3) is 0 Å². The Labute approximate surface area is 40.9 Å². The van der Waals surface area contributed by atoms with E-state index in [0.717, 1.165) is 6.08 Å². The standard InChI is InChI=1S/C4H6O3/c5-2-1-4(7)3-6/h1,3,5,7H,2H2. The molecule has 0 bridgehead atoms. The zero-order valence-electron chi connectivity index (χ0n) is 3.66. The predicted molar refractivity (Wildman–Crippen MR) is 23.9 cm³/mol. The zero-order chi connectivity index (χ0) is 5.70. The van der Waals surface area contributed by atoms with Crippen molar-refractivity contribution in [2.75, 3.05) is 6.61 Å². The third-order valence-corrected chi connectivity index (χ3v) is 0.421. The summed E-state index contributed by atoms with van der Waals surface area (Å²) < 4.78 is 0. The molecule has 0 aliphatic heterocycles. The average Bonchev–Trinajstić information content (AvgIpc) is 1.68. The highest BCUT2D eigenvalue weighted by molar-refractivity contribution is 5.69. The molecule has 3 nitrogen and oxygen atoms in total. The monoisotopic (exact) mass is 102 g/mol. The molecule has 0 aromatic rings. The fourth-order valence-electron chi connectivity index (χ4n) is 0.142. The maximum atomic E-state index is 9.47. The molecule has 0 heterocycles. The molecule has 2 N–H and O–H groups in total. The number of carbonyl (C=O) groups is 1. The molecule has 0 aliphatic rings. The number of hydrogen-bond donors (Lipinski definition) is 2. The molecule has 0 saturated carbocycles. The minimum absolute atomic E-state index is 0.260. The third kappa shape index (κ3) is 2.99. The average molecular weight is 102 g/mol. The van der Waals surface area contributed by atoms with Crippen LogP contribution in [0.15, 0.2) is 11.8 Å². The Balaban J connectivity index is 3.49. The normalized spacial score (nSPS) is 11.3. The molecule has 0 radical (unpaired) electrons. The van der Waals surface area contributed by atoms with Crippen LogP contribution in [-0.4, -0.2) is 23.1 Å². The lowest BCUT2D eigenvalue weighted by molar-refractivity contribution is -0.107. The first-order valence-corrected chi connectivity index (χ1v) is 1.76. The number of hydrogen-bond acceptors (Lipinski definition) is 3. The first-order chi connectivity index (χ1) is 3.31. The molecule has 0 saturated heterocycles. The van der Waals surface area contributed by atoms with E-state index < -0.39 is 5.76 Å². The van der Waals surface area contributed by atoms with Crippen LogP contribution < -0.4 is 0 Å². The van der Waals surface area contributed by atoms with Crippen LogP contribution in [-0.2, 0) is 4.79 Å². The Morgan fingerprint density at radius 2 is 2.29 bits per heavy atom. The lowest BCUT2D eigenvalue weighted by Gasteiger charge is -1.79. The molecule has 7 heavy (non-hydrogen) atoms. The summed E-state index contributed by atoms with van der Waals surface area (Å²) in [4.78, 5) is 9.47. The van der Waals surface area contributed by atoms with Crippen molar-refractivity contribution in [3.8, 4) is 0 Å². The van der Waals surface area contributed by atoms with Crippen molar-refractivity contribution in [3.63, 3.8) is 0 Å². The van der Waals surface area contributed by atoms with Gasteiger partial charge in [-0.2, -0.15) is 0 Å². The van der Waals surface area contributed by atoms with Crippen LogP contribution in [0.5, 0.6) is 0 Å². The minimum Gasteiger partial charge on any atom is -0.505 e. The molecule has 0 aromatic carbocycles. The van der Waals surface area contributed by atoms with Crippen molar-refractivity contribution in [1.82, 2.24) is 0 Å². The number of allylic oxidation sites excluding steroid dienone is 1. The van der Waals surface area contributed by atoms with Crippen LogP contribution in [0.1, 0.15) is 0 Å². The van der Waals surface area contributed by atoms with E-state index in [1.165, 1.54) is 0 Å². The quantitative estimate of drug-likeness (QED) is 0.284. The number of aldehydes is 1. The zero-order valence-corrected chi connectivity index (χ0v) is 3.66. The Kier molecular flexibility index (Phi) is 2.96. The first kappa shape index (κ1) is 6.17. The second-order valence-electron chi connectivity index (χ2n) is 0.929. The maximum Gasteiger partial charge on any atom is 0.184 e. The van der Waals surface area contributed by atoms with Crippen molar-refractivity contribution in [2.45, 2.75) is 0 Å². The van der Waals surface area contributed by atoms with Gasteiger partial charge in [0.2, 0.25) is 0 Å². The molecule has 0 aromatic heterocycles. The molecule has 0 spiro atoms. The number of aliphatic hydroxyl groups excluding tert-OH is 2. The molecule has 0 atom stereocenters. The summed E-state index contributed by atoms with van der Waals surface area (Å²) in [6.07, 6.45) is 1.27.